The minimum Gasteiger partial charge on any atom is -0.456 e. The van der Waals surface area contributed by atoms with Crippen LogP contribution in [0.25, 0.3) is 0 Å². The van der Waals surface area contributed by atoms with E-state index in [0.29, 0.717) is 24.4 Å². The highest BCUT2D eigenvalue weighted by atomic mass is 16.5. The first-order valence-corrected chi connectivity index (χ1v) is 9.31. The Labute approximate surface area is 170 Å². The zero-order valence-corrected chi connectivity index (χ0v) is 17.2. The molecule has 156 valence electrons. The van der Waals surface area contributed by atoms with Crippen LogP contribution >= 0.6 is 0 Å². The van der Waals surface area contributed by atoms with E-state index in [9.17, 15) is 14.4 Å². The molecule has 1 atom stereocenters. The molecule has 0 saturated heterocycles. The van der Waals surface area contributed by atoms with Gasteiger partial charge in [-0.2, -0.15) is 0 Å². The number of ether oxygens (including phenoxy) is 2. The van der Waals surface area contributed by atoms with Crippen LogP contribution in [0.5, 0.6) is 0 Å². The van der Waals surface area contributed by atoms with Crippen LogP contribution in [0.15, 0.2) is 36.4 Å². The zero-order valence-electron chi connectivity index (χ0n) is 17.2. The highest BCUT2D eigenvalue weighted by Gasteiger charge is 2.21. The Balaban J connectivity index is 1.86. The zero-order chi connectivity index (χ0) is 21.4. The summed E-state index contributed by atoms with van der Waals surface area (Å²) in [5.74, 6) is -0.981. The standard InChI is InChI=1S/C21H27N3O5/c1-14-12-18(16(3)24(14)10-11-28-4)19(25)13-29-20(26)15(2)22-21(27)23-17-8-6-5-7-9-17/h5-9,12,15H,10-11,13H2,1-4H3,(H2,22,23,27)/t15-/m0/s1. The van der Waals surface area contributed by atoms with E-state index in [4.69, 9.17) is 9.47 Å². The highest BCUT2D eigenvalue weighted by Crippen LogP contribution is 2.16. The number of amides is 2. The first-order chi connectivity index (χ1) is 13.8. The number of hydrogen-bond donors (Lipinski definition) is 2. The number of esters is 1. The summed E-state index contributed by atoms with van der Waals surface area (Å²) in [7, 11) is 1.62. The van der Waals surface area contributed by atoms with Gasteiger partial charge in [-0.25, -0.2) is 9.59 Å². The molecule has 0 unspecified atom stereocenters. The maximum atomic E-state index is 12.5. The van der Waals surface area contributed by atoms with Crippen LogP contribution in [0.3, 0.4) is 0 Å². The summed E-state index contributed by atoms with van der Waals surface area (Å²) in [6.07, 6.45) is 0. The molecule has 1 aromatic heterocycles. The van der Waals surface area contributed by atoms with E-state index in [1.165, 1.54) is 6.92 Å². The van der Waals surface area contributed by atoms with Gasteiger partial charge in [-0.3, -0.25) is 4.79 Å². The quantitative estimate of drug-likeness (QED) is 0.497. The monoisotopic (exact) mass is 401 g/mol. The molecule has 0 aliphatic heterocycles. The fourth-order valence-corrected chi connectivity index (χ4v) is 2.89. The van der Waals surface area contributed by atoms with Gasteiger partial charge in [0.25, 0.3) is 0 Å². The maximum absolute atomic E-state index is 12.5. The number of aryl methyl sites for hydroxylation is 1. The lowest BCUT2D eigenvalue weighted by Gasteiger charge is -2.14. The van der Waals surface area contributed by atoms with Crippen LogP contribution in [0.1, 0.15) is 28.7 Å². The van der Waals surface area contributed by atoms with Crippen molar-refractivity contribution in [2.45, 2.75) is 33.4 Å². The average molecular weight is 401 g/mol. The van der Waals surface area contributed by atoms with E-state index < -0.39 is 18.0 Å². The Kier molecular flexibility index (Phi) is 7.97. The first kappa shape index (κ1) is 22.2. The molecule has 0 radical (unpaired) electrons. The second-order valence-electron chi connectivity index (χ2n) is 6.65. The van der Waals surface area contributed by atoms with Gasteiger partial charge in [0.05, 0.1) is 6.61 Å². The van der Waals surface area contributed by atoms with Crippen molar-refractivity contribution in [1.29, 1.82) is 0 Å². The van der Waals surface area contributed by atoms with Crippen LogP contribution in [0.4, 0.5) is 10.5 Å². The Morgan fingerprint density at radius 3 is 2.48 bits per heavy atom. The Morgan fingerprint density at radius 1 is 1.14 bits per heavy atom. The number of ketones is 1. The first-order valence-electron chi connectivity index (χ1n) is 9.31. The predicted octanol–water partition coefficient (Wildman–Crippen LogP) is 2.69. The third-order valence-corrected chi connectivity index (χ3v) is 4.47. The van der Waals surface area contributed by atoms with Crippen LogP contribution < -0.4 is 10.6 Å². The van der Waals surface area contributed by atoms with Crippen LogP contribution in [-0.4, -0.2) is 48.7 Å². The lowest BCUT2D eigenvalue weighted by atomic mass is 10.1. The molecular weight excluding hydrogens is 374 g/mol. The number of hydrogen-bond acceptors (Lipinski definition) is 5. The number of rotatable bonds is 9. The van der Waals surface area contributed by atoms with Gasteiger partial charge in [0.2, 0.25) is 5.78 Å². The molecule has 0 saturated carbocycles. The molecule has 2 rings (SSSR count). The molecule has 0 bridgehead atoms. The summed E-state index contributed by atoms with van der Waals surface area (Å²) in [4.78, 5) is 36.5. The van der Waals surface area contributed by atoms with Crippen LogP contribution in [-0.2, 0) is 20.8 Å². The van der Waals surface area contributed by atoms with Gasteiger partial charge in [-0.05, 0) is 39.0 Å². The molecule has 1 heterocycles. The number of carbonyl (C=O) groups is 3. The summed E-state index contributed by atoms with van der Waals surface area (Å²) in [6, 6.07) is 9.19. The summed E-state index contributed by atoms with van der Waals surface area (Å²) in [5.41, 5.74) is 2.84. The number of anilines is 1. The van der Waals surface area contributed by atoms with Crippen molar-refractivity contribution >= 4 is 23.5 Å². The van der Waals surface area contributed by atoms with E-state index in [2.05, 4.69) is 10.6 Å². The Morgan fingerprint density at radius 2 is 1.83 bits per heavy atom. The number of aromatic nitrogens is 1. The SMILES string of the molecule is COCCn1c(C)cc(C(=O)COC(=O)[C@H](C)NC(=O)Nc2ccccc2)c1C. The third-order valence-electron chi connectivity index (χ3n) is 4.47. The fourth-order valence-electron chi connectivity index (χ4n) is 2.89. The number of urea groups is 1. The van der Waals surface area contributed by atoms with Gasteiger partial charge >= 0.3 is 12.0 Å². The van der Waals surface area contributed by atoms with Gasteiger partial charge in [0, 0.05) is 36.3 Å². The Bertz CT molecular complexity index is 861. The minimum absolute atomic E-state index is 0.295. The van der Waals surface area contributed by atoms with Gasteiger partial charge in [0.15, 0.2) is 6.61 Å². The summed E-state index contributed by atoms with van der Waals surface area (Å²) in [5, 5.41) is 5.10. The largest absolute Gasteiger partial charge is 0.456 e. The number of nitrogens with one attached hydrogen (secondary N) is 2. The second-order valence-corrected chi connectivity index (χ2v) is 6.65. The summed E-state index contributed by atoms with van der Waals surface area (Å²) in [6.45, 7) is 6.03. The van der Waals surface area contributed by atoms with Crippen molar-refractivity contribution in [3.63, 3.8) is 0 Å². The smallest absolute Gasteiger partial charge is 0.328 e. The lowest BCUT2D eigenvalue weighted by molar-refractivity contribution is -0.144. The van der Waals surface area contributed by atoms with E-state index in [0.717, 1.165) is 11.4 Å². The fraction of sp³-hybridized carbons (Fsp3) is 0.381. The number of benzene rings is 1. The van der Waals surface area contributed by atoms with Crippen molar-refractivity contribution < 1.29 is 23.9 Å². The molecule has 0 aliphatic rings. The van der Waals surface area contributed by atoms with Crippen molar-refractivity contribution in [1.82, 2.24) is 9.88 Å². The third kappa shape index (κ3) is 6.18. The van der Waals surface area contributed by atoms with Crippen molar-refractivity contribution in [3.05, 3.63) is 53.3 Å². The van der Waals surface area contributed by atoms with Crippen molar-refractivity contribution in [2.75, 3.05) is 25.6 Å². The number of nitrogens with zero attached hydrogens (tertiary/aromatic N) is 1. The van der Waals surface area contributed by atoms with E-state index in [1.807, 2.05) is 24.5 Å². The molecule has 29 heavy (non-hydrogen) atoms. The molecule has 2 N–H and O–H groups in total. The van der Waals surface area contributed by atoms with Gasteiger partial charge < -0.3 is 24.7 Å². The molecule has 0 fully saturated rings. The number of methoxy groups -OCH3 is 1. The molecule has 1 aromatic carbocycles. The molecule has 0 aliphatic carbocycles. The molecule has 2 aromatic rings. The predicted molar refractivity (Wildman–Crippen MR) is 109 cm³/mol. The average Bonchev–Trinajstić information content (AvgIpc) is 2.98. The maximum Gasteiger partial charge on any atom is 0.328 e. The van der Waals surface area contributed by atoms with E-state index in [-0.39, 0.29) is 12.4 Å². The minimum atomic E-state index is -0.902. The second kappa shape index (κ2) is 10.4. The number of para-hydroxylation sites is 1. The summed E-state index contributed by atoms with van der Waals surface area (Å²) >= 11 is 0. The highest BCUT2D eigenvalue weighted by molar-refractivity contribution is 5.99. The lowest BCUT2D eigenvalue weighted by Crippen LogP contribution is -2.42. The van der Waals surface area contributed by atoms with Crippen LogP contribution in [0, 0.1) is 13.8 Å². The normalized spacial score (nSPS) is 11.6. The molecule has 2 amide bonds. The van der Waals surface area contributed by atoms with Crippen molar-refractivity contribution in [2.24, 2.45) is 0 Å². The van der Waals surface area contributed by atoms with Crippen molar-refractivity contribution in [3.8, 4) is 0 Å². The van der Waals surface area contributed by atoms with E-state index in [1.54, 1.807) is 37.4 Å². The number of carbonyl (C=O) groups excluding carboxylic acids is 3. The topological polar surface area (TPSA) is 98.7 Å². The summed E-state index contributed by atoms with van der Waals surface area (Å²) < 4.78 is 12.2. The van der Waals surface area contributed by atoms with Crippen LogP contribution in [0.2, 0.25) is 0 Å². The Hall–Kier alpha value is -3.13. The number of Topliss-reactive ketones (excluding diaryl/α,β-unsaturated/α-hetero) is 1. The van der Waals surface area contributed by atoms with Gasteiger partial charge in [0.1, 0.15) is 6.04 Å². The molecule has 8 heteroatoms. The van der Waals surface area contributed by atoms with Gasteiger partial charge in [-0.15, -0.1) is 0 Å². The molecule has 8 nitrogen and oxygen atoms in total. The van der Waals surface area contributed by atoms with E-state index >= 15 is 0 Å². The molecule has 0 spiro atoms. The molecular formula is C21H27N3O5. The van der Waals surface area contributed by atoms with Gasteiger partial charge in [-0.1, -0.05) is 18.2 Å².